The minimum Gasteiger partial charge on any atom is -0.494 e. The molecule has 0 saturated carbocycles. The van der Waals surface area contributed by atoms with Gasteiger partial charge in [-0.2, -0.15) is 0 Å². The Morgan fingerprint density at radius 1 is 1.30 bits per heavy atom. The molecule has 2 aromatic rings. The van der Waals surface area contributed by atoms with Crippen molar-refractivity contribution in [3.8, 4) is 11.5 Å². The first-order valence-electron chi connectivity index (χ1n) is 9.02. The number of amides is 2. The van der Waals surface area contributed by atoms with E-state index in [1.54, 1.807) is 30.0 Å². The molecule has 0 radical (unpaired) electrons. The number of rotatable bonds is 7. The Morgan fingerprint density at radius 2 is 2.07 bits per heavy atom. The van der Waals surface area contributed by atoms with E-state index in [9.17, 15) is 9.59 Å². The summed E-state index contributed by atoms with van der Waals surface area (Å²) in [5.41, 5.74) is 1.14. The minimum atomic E-state index is -0.280. The molecular weight excluding hydrogens is 366 g/mol. The van der Waals surface area contributed by atoms with Crippen molar-refractivity contribution in [1.82, 2.24) is 4.98 Å². The summed E-state index contributed by atoms with van der Waals surface area (Å²) in [5.74, 6) is 1.00. The first-order chi connectivity index (χ1) is 13.0. The van der Waals surface area contributed by atoms with Gasteiger partial charge in [-0.05, 0) is 39.3 Å². The predicted octanol–water partition coefficient (Wildman–Crippen LogP) is 3.63. The molecule has 2 heterocycles. The van der Waals surface area contributed by atoms with Crippen molar-refractivity contribution in [2.45, 2.75) is 33.6 Å². The Morgan fingerprint density at radius 3 is 2.74 bits per heavy atom. The first-order valence-corrected chi connectivity index (χ1v) is 9.84. The monoisotopic (exact) mass is 389 g/mol. The van der Waals surface area contributed by atoms with Crippen LogP contribution in [0.2, 0.25) is 0 Å². The number of carbonyl (C=O) groups is 2. The Kier molecular flexibility index (Phi) is 5.95. The molecule has 1 N–H and O–H groups in total. The number of aryl methyl sites for hydroxylation is 1. The lowest BCUT2D eigenvalue weighted by Gasteiger charge is -2.13. The van der Waals surface area contributed by atoms with Crippen molar-refractivity contribution in [2.24, 2.45) is 0 Å². The summed E-state index contributed by atoms with van der Waals surface area (Å²) >= 11 is 1.23. The Labute approximate surface area is 162 Å². The molecule has 1 aliphatic rings. The number of ether oxygens (including phenoxy) is 2. The number of aromatic nitrogens is 1. The molecule has 3 rings (SSSR count). The highest BCUT2D eigenvalue weighted by Crippen LogP contribution is 2.33. The summed E-state index contributed by atoms with van der Waals surface area (Å²) in [6, 6.07) is 5.32. The zero-order valence-electron chi connectivity index (χ0n) is 15.7. The molecule has 144 valence electrons. The lowest BCUT2D eigenvalue weighted by atomic mass is 10.2. The van der Waals surface area contributed by atoms with Crippen molar-refractivity contribution in [3.63, 3.8) is 0 Å². The third kappa shape index (κ3) is 4.21. The van der Waals surface area contributed by atoms with Gasteiger partial charge in [0, 0.05) is 19.0 Å². The molecule has 7 nitrogen and oxygen atoms in total. The number of hydrogen-bond donors (Lipinski definition) is 1. The Bertz CT molecular complexity index is 849. The fraction of sp³-hybridized carbons (Fsp3) is 0.421. The van der Waals surface area contributed by atoms with Crippen LogP contribution in [0, 0.1) is 6.92 Å². The Hall–Kier alpha value is -2.61. The van der Waals surface area contributed by atoms with Crippen molar-refractivity contribution >= 4 is 34.0 Å². The highest BCUT2D eigenvalue weighted by atomic mass is 32.1. The molecule has 0 unspecified atom stereocenters. The largest absolute Gasteiger partial charge is 0.494 e. The van der Waals surface area contributed by atoms with E-state index in [1.165, 1.54) is 11.3 Å². The fourth-order valence-electron chi connectivity index (χ4n) is 2.88. The lowest BCUT2D eigenvalue weighted by Crippen LogP contribution is -2.23. The van der Waals surface area contributed by atoms with Crippen molar-refractivity contribution in [2.75, 3.05) is 30.0 Å². The summed E-state index contributed by atoms with van der Waals surface area (Å²) in [7, 11) is 0. The molecule has 0 atom stereocenters. The van der Waals surface area contributed by atoms with Gasteiger partial charge in [-0.25, -0.2) is 4.98 Å². The van der Waals surface area contributed by atoms with E-state index in [4.69, 9.17) is 9.47 Å². The minimum absolute atomic E-state index is 0.0544. The van der Waals surface area contributed by atoms with E-state index in [1.807, 2.05) is 13.8 Å². The van der Waals surface area contributed by atoms with Crippen LogP contribution in [0.5, 0.6) is 11.5 Å². The molecule has 1 fully saturated rings. The van der Waals surface area contributed by atoms with Crippen molar-refractivity contribution < 1.29 is 19.1 Å². The van der Waals surface area contributed by atoms with Gasteiger partial charge in [-0.15, -0.1) is 0 Å². The van der Waals surface area contributed by atoms with Gasteiger partial charge in [-0.3, -0.25) is 14.5 Å². The first kappa shape index (κ1) is 19.2. The van der Waals surface area contributed by atoms with Gasteiger partial charge in [0.25, 0.3) is 5.91 Å². The van der Waals surface area contributed by atoms with E-state index in [0.717, 1.165) is 6.42 Å². The molecule has 1 aromatic carbocycles. The SMILES string of the molecule is CCOc1ccc(OCC)c(NC(=O)c2sc(N3CCCC3=O)nc2C)c1. The number of thiazole rings is 1. The van der Waals surface area contributed by atoms with E-state index in [0.29, 0.717) is 59.1 Å². The second kappa shape index (κ2) is 8.39. The molecule has 0 bridgehead atoms. The van der Waals surface area contributed by atoms with Crippen molar-refractivity contribution in [1.29, 1.82) is 0 Å². The summed E-state index contributed by atoms with van der Waals surface area (Å²) in [4.78, 5) is 31.3. The van der Waals surface area contributed by atoms with Gasteiger partial charge < -0.3 is 14.8 Å². The van der Waals surface area contributed by atoms with E-state index >= 15 is 0 Å². The van der Waals surface area contributed by atoms with Gasteiger partial charge in [-0.1, -0.05) is 11.3 Å². The maximum atomic E-state index is 12.8. The quantitative estimate of drug-likeness (QED) is 0.782. The maximum Gasteiger partial charge on any atom is 0.267 e. The van der Waals surface area contributed by atoms with Crippen molar-refractivity contribution in [3.05, 3.63) is 28.8 Å². The van der Waals surface area contributed by atoms with Crippen LogP contribution in [0.15, 0.2) is 18.2 Å². The molecule has 0 spiro atoms. The summed E-state index contributed by atoms with van der Waals surface area (Å²) < 4.78 is 11.1. The second-order valence-electron chi connectivity index (χ2n) is 6.04. The number of hydrogen-bond acceptors (Lipinski definition) is 6. The molecule has 27 heavy (non-hydrogen) atoms. The lowest BCUT2D eigenvalue weighted by molar-refractivity contribution is -0.117. The summed E-state index contributed by atoms with van der Waals surface area (Å²) in [5, 5.41) is 3.47. The number of nitrogens with one attached hydrogen (secondary N) is 1. The zero-order valence-corrected chi connectivity index (χ0v) is 16.5. The van der Waals surface area contributed by atoms with Crippen LogP contribution in [-0.4, -0.2) is 36.6 Å². The van der Waals surface area contributed by atoms with Crippen LogP contribution >= 0.6 is 11.3 Å². The average Bonchev–Trinajstić information content (AvgIpc) is 3.23. The molecule has 1 saturated heterocycles. The van der Waals surface area contributed by atoms with Gasteiger partial charge in [0.2, 0.25) is 5.91 Å². The molecule has 0 aliphatic carbocycles. The molecule has 2 amide bonds. The smallest absolute Gasteiger partial charge is 0.267 e. The van der Waals surface area contributed by atoms with Crippen LogP contribution < -0.4 is 19.7 Å². The second-order valence-corrected chi connectivity index (χ2v) is 7.02. The summed E-state index contributed by atoms with van der Waals surface area (Å²) in [6.45, 7) is 7.22. The average molecular weight is 389 g/mol. The van der Waals surface area contributed by atoms with Crippen LogP contribution in [-0.2, 0) is 4.79 Å². The highest BCUT2D eigenvalue weighted by Gasteiger charge is 2.27. The molecular formula is C19H23N3O4S. The van der Waals surface area contributed by atoms with E-state index in [-0.39, 0.29) is 11.8 Å². The molecule has 8 heteroatoms. The number of benzene rings is 1. The highest BCUT2D eigenvalue weighted by molar-refractivity contribution is 7.18. The fourth-order valence-corrected chi connectivity index (χ4v) is 3.89. The number of anilines is 2. The molecule has 1 aliphatic heterocycles. The Balaban J connectivity index is 1.83. The van der Waals surface area contributed by atoms with Crippen LogP contribution in [0.4, 0.5) is 10.8 Å². The van der Waals surface area contributed by atoms with Crippen LogP contribution in [0.3, 0.4) is 0 Å². The van der Waals surface area contributed by atoms with Crippen LogP contribution in [0.1, 0.15) is 42.1 Å². The normalized spacial score (nSPS) is 13.7. The number of carbonyl (C=O) groups excluding carboxylic acids is 2. The number of nitrogens with zero attached hydrogens (tertiary/aromatic N) is 2. The topological polar surface area (TPSA) is 80.8 Å². The standard InChI is InChI=1S/C19H23N3O4S/c1-4-25-13-8-9-15(26-5-2)14(11-13)21-18(24)17-12(3)20-19(27-17)22-10-6-7-16(22)23/h8-9,11H,4-7,10H2,1-3H3,(H,21,24). The maximum absolute atomic E-state index is 12.8. The van der Waals surface area contributed by atoms with E-state index in [2.05, 4.69) is 10.3 Å². The third-order valence-electron chi connectivity index (χ3n) is 4.11. The van der Waals surface area contributed by atoms with Gasteiger partial charge in [0.1, 0.15) is 16.4 Å². The predicted molar refractivity (Wildman–Crippen MR) is 105 cm³/mol. The van der Waals surface area contributed by atoms with E-state index < -0.39 is 0 Å². The van der Waals surface area contributed by atoms with Gasteiger partial charge in [0.15, 0.2) is 5.13 Å². The summed E-state index contributed by atoms with van der Waals surface area (Å²) in [6.07, 6.45) is 1.35. The molecule has 1 aromatic heterocycles. The van der Waals surface area contributed by atoms with Gasteiger partial charge in [0.05, 0.1) is 24.6 Å². The van der Waals surface area contributed by atoms with Crippen LogP contribution in [0.25, 0.3) is 0 Å². The zero-order chi connectivity index (χ0) is 19.4. The third-order valence-corrected chi connectivity index (χ3v) is 5.29. The van der Waals surface area contributed by atoms with Gasteiger partial charge >= 0.3 is 0 Å².